The normalized spacial score (nSPS) is 13.7. The van der Waals surface area contributed by atoms with Crippen LogP contribution in [0.5, 0.6) is 11.5 Å². The van der Waals surface area contributed by atoms with Gasteiger partial charge in [-0.2, -0.15) is 0 Å². The van der Waals surface area contributed by atoms with Crippen LogP contribution >= 0.6 is 0 Å². The SMILES string of the molecule is Cc1cccc(C)c1Oc1c(-c2cn(C)c(=O)c3[nH]ccc23)ccn(C2CC2)c1=O. The molecule has 5 rings (SSSR count). The van der Waals surface area contributed by atoms with Crippen molar-refractivity contribution < 1.29 is 4.74 Å². The molecule has 0 radical (unpaired) electrons. The quantitative estimate of drug-likeness (QED) is 0.550. The Morgan fingerprint density at radius 1 is 0.967 bits per heavy atom. The Bertz CT molecular complexity index is 1380. The van der Waals surface area contributed by atoms with Crippen molar-refractivity contribution in [3.63, 3.8) is 0 Å². The summed E-state index contributed by atoms with van der Waals surface area (Å²) in [5.74, 6) is 0.988. The molecule has 4 aromatic rings. The molecule has 0 amide bonds. The predicted molar refractivity (Wildman–Crippen MR) is 117 cm³/mol. The smallest absolute Gasteiger partial charge is 0.294 e. The van der Waals surface area contributed by atoms with Gasteiger partial charge in [-0.15, -0.1) is 0 Å². The van der Waals surface area contributed by atoms with Crippen LogP contribution in [-0.4, -0.2) is 14.1 Å². The molecule has 3 aromatic heterocycles. The van der Waals surface area contributed by atoms with Gasteiger partial charge in [-0.1, -0.05) is 18.2 Å². The molecule has 1 fully saturated rings. The van der Waals surface area contributed by atoms with Crippen LogP contribution in [-0.2, 0) is 7.05 Å². The van der Waals surface area contributed by atoms with Crippen molar-refractivity contribution in [3.8, 4) is 22.6 Å². The lowest BCUT2D eigenvalue weighted by atomic mass is 10.0. The predicted octanol–water partition coefficient (Wildman–Crippen LogP) is 4.44. The Morgan fingerprint density at radius 2 is 1.70 bits per heavy atom. The van der Waals surface area contributed by atoms with Crippen molar-refractivity contribution in [1.82, 2.24) is 14.1 Å². The van der Waals surface area contributed by atoms with E-state index in [4.69, 9.17) is 4.74 Å². The minimum atomic E-state index is -0.143. The first kappa shape index (κ1) is 18.5. The van der Waals surface area contributed by atoms with Gasteiger partial charge in [-0.3, -0.25) is 9.59 Å². The Labute approximate surface area is 173 Å². The lowest BCUT2D eigenvalue weighted by molar-refractivity contribution is 0.461. The number of aromatic nitrogens is 3. The van der Waals surface area contributed by atoms with Crippen LogP contribution in [0.1, 0.15) is 30.0 Å². The summed E-state index contributed by atoms with van der Waals surface area (Å²) < 4.78 is 9.64. The molecule has 30 heavy (non-hydrogen) atoms. The molecule has 3 heterocycles. The van der Waals surface area contributed by atoms with E-state index in [2.05, 4.69) is 4.98 Å². The first-order valence-corrected chi connectivity index (χ1v) is 10.1. The van der Waals surface area contributed by atoms with Crippen LogP contribution in [0.4, 0.5) is 0 Å². The largest absolute Gasteiger partial charge is 0.450 e. The van der Waals surface area contributed by atoms with E-state index < -0.39 is 0 Å². The van der Waals surface area contributed by atoms with E-state index >= 15 is 0 Å². The Hall–Kier alpha value is -3.54. The molecular weight excluding hydrogens is 378 g/mol. The van der Waals surface area contributed by atoms with Crippen LogP contribution in [0.3, 0.4) is 0 Å². The maximum absolute atomic E-state index is 13.5. The van der Waals surface area contributed by atoms with Crippen LogP contribution in [0.15, 0.2) is 58.5 Å². The zero-order valence-electron chi connectivity index (χ0n) is 17.2. The number of fused-ring (bicyclic) bond motifs is 1. The molecule has 6 heteroatoms. The summed E-state index contributed by atoms with van der Waals surface area (Å²) in [5.41, 5.74) is 3.66. The fraction of sp³-hybridized carbons (Fsp3) is 0.250. The lowest BCUT2D eigenvalue weighted by Gasteiger charge is -2.17. The second kappa shape index (κ2) is 6.76. The average Bonchev–Trinajstić information content (AvgIpc) is 3.44. The standard InChI is InChI=1S/C24H23N3O3/c1-14-5-4-6-15(2)21(14)30-22-18(10-12-27(24(22)29)16-7-8-16)19-13-26(3)23(28)20-17(19)9-11-25-20/h4-6,9-13,16,25H,7-8H2,1-3H3. The van der Waals surface area contributed by atoms with Gasteiger partial charge in [0.15, 0.2) is 0 Å². The summed E-state index contributed by atoms with van der Waals surface area (Å²) in [6.07, 6.45) is 7.36. The number of pyridine rings is 2. The first-order chi connectivity index (χ1) is 14.5. The van der Waals surface area contributed by atoms with Gasteiger partial charge in [0.05, 0.1) is 0 Å². The van der Waals surface area contributed by atoms with Crippen molar-refractivity contribution >= 4 is 10.9 Å². The minimum Gasteiger partial charge on any atom is -0.450 e. The monoisotopic (exact) mass is 401 g/mol. The third-order valence-corrected chi connectivity index (χ3v) is 5.81. The highest BCUT2D eigenvalue weighted by Gasteiger charge is 2.28. The molecule has 0 aliphatic heterocycles. The van der Waals surface area contributed by atoms with E-state index in [1.165, 1.54) is 4.57 Å². The number of rotatable bonds is 4. The minimum absolute atomic E-state index is 0.109. The summed E-state index contributed by atoms with van der Waals surface area (Å²) in [5, 5.41) is 0.771. The van der Waals surface area contributed by atoms with Crippen LogP contribution in [0, 0.1) is 13.8 Å². The maximum Gasteiger partial charge on any atom is 0.294 e. The Balaban J connectivity index is 1.79. The van der Waals surface area contributed by atoms with Crippen molar-refractivity contribution in [3.05, 3.63) is 80.8 Å². The van der Waals surface area contributed by atoms with E-state index in [-0.39, 0.29) is 17.2 Å². The number of ether oxygens (including phenoxy) is 1. The van der Waals surface area contributed by atoms with Gasteiger partial charge in [0, 0.05) is 48.2 Å². The molecule has 0 unspecified atom stereocenters. The molecule has 1 aromatic carbocycles. The third kappa shape index (κ3) is 2.87. The van der Waals surface area contributed by atoms with Crippen molar-refractivity contribution in [2.45, 2.75) is 32.7 Å². The molecule has 1 saturated carbocycles. The van der Waals surface area contributed by atoms with Gasteiger partial charge in [0.2, 0.25) is 5.75 Å². The zero-order chi connectivity index (χ0) is 21.0. The number of benzene rings is 1. The number of nitrogens with one attached hydrogen (secondary N) is 1. The van der Waals surface area contributed by atoms with Gasteiger partial charge in [0.1, 0.15) is 11.3 Å². The summed E-state index contributed by atoms with van der Waals surface area (Å²) in [6.45, 7) is 3.95. The molecule has 1 aliphatic rings. The van der Waals surface area contributed by atoms with Crippen molar-refractivity contribution in [2.24, 2.45) is 7.05 Å². The lowest BCUT2D eigenvalue weighted by Crippen LogP contribution is -2.21. The number of para-hydroxylation sites is 1. The van der Waals surface area contributed by atoms with Gasteiger partial charge in [0.25, 0.3) is 11.1 Å². The molecule has 6 nitrogen and oxygen atoms in total. The van der Waals surface area contributed by atoms with E-state index in [9.17, 15) is 9.59 Å². The molecule has 0 saturated heterocycles. The Kier molecular flexibility index (Phi) is 4.17. The Morgan fingerprint density at radius 3 is 2.40 bits per heavy atom. The summed E-state index contributed by atoms with van der Waals surface area (Å²) in [6, 6.07) is 9.94. The highest BCUT2D eigenvalue weighted by molar-refractivity contribution is 5.95. The second-order valence-electron chi connectivity index (χ2n) is 8.05. The first-order valence-electron chi connectivity index (χ1n) is 10.1. The molecule has 1 N–H and O–H groups in total. The molecule has 152 valence electrons. The van der Waals surface area contributed by atoms with Crippen LogP contribution in [0.2, 0.25) is 0 Å². The maximum atomic E-state index is 13.5. The van der Waals surface area contributed by atoms with Gasteiger partial charge in [-0.25, -0.2) is 0 Å². The van der Waals surface area contributed by atoms with Crippen molar-refractivity contribution in [1.29, 1.82) is 0 Å². The second-order valence-corrected chi connectivity index (χ2v) is 8.05. The fourth-order valence-corrected chi connectivity index (χ4v) is 4.03. The highest BCUT2D eigenvalue weighted by atomic mass is 16.5. The average molecular weight is 401 g/mol. The number of hydrogen-bond acceptors (Lipinski definition) is 3. The molecular formula is C24H23N3O3. The molecule has 0 bridgehead atoms. The number of hydrogen-bond donors (Lipinski definition) is 1. The van der Waals surface area contributed by atoms with E-state index in [0.29, 0.717) is 22.6 Å². The van der Waals surface area contributed by atoms with Gasteiger partial charge in [-0.05, 0) is 49.9 Å². The summed E-state index contributed by atoms with van der Waals surface area (Å²) in [7, 11) is 1.71. The number of H-pyrrole nitrogens is 1. The zero-order valence-corrected chi connectivity index (χ0v) is 17.2. The molecule has 0 spiro atoms. The third-order valence-electron chi connectivity index (χ3n) is 5.81. The molecule has 0 atom stereocenters. The van der Waals surface area contributed by atoms with Gasteiger partial charge >= 0.3 is 0 Å². The van der Waals surface area contributed by atoms with E-state index in [0.717, 1.165) is 34.9 Å². The van der Waals surface area contributed by atoms with Gasteiger partial charge < -0.3 is 18.9 Å². The van der Waals surface area contributed by atoms with Crippen LogP contribution < -0.4 is 15.9 Å². The molecule has 1 aliphatic carbocycles. The summed E-state index contributed by atoms with van der Waals surface area (Å²) >= 11 is 0. The summed E-state index contributed by atoms with van der Waals surface area (Å²) in [4.78, 5) is 29.0. The fourth-order valence-electron chi connectivity index (χ4n) is 4.03. The van der Waals surface area contributed by atoms with E-state index in [1.807, 2.05) is 50.4 Å². The van der Waals surface area contributed by atoms with Crippen molar-refractivity contribution in [2.75, 3.05) is 0 Å². The highest BCUT2D eigenvalue weighted by Crippen LogP contribution is 2.39. The number of aryl methyl sites for hydroxylation is 3. The number of aromatic amines is 1. The van der Waals surface area contributed by atoms with Crippen LogP contribution in [0.25, 0.3) is 22.0 Å². The van der Waals surface area contributed by atoms with E-state index in [1.54, 1.807) is 24.0 Å². The number of nitrogens with zero attached hydrogens (tertiary/aromatic N) is 2. The topological polar surface area (TPSA) is 69.0 Å².